The molecule has 0 radical (unpaired) electrons. The lowest BCUT2D eigenvalue weighted by Gasteiger charge is -2.14. The third-order valence-corrected chi connectivity index (χ3v) is 4.72. The molecular weight excluding hydrogens is 304 g/mol. The average molecular weight is 321 g/mol. The van der Waals surface area contributed by atoms with E-state index in [4.69, 9.17) is 11.6 Å². The maximum absolute atomic E-state index is 11.5. The number of aliphatic carboxylic acids is 1. The second-order valence-electron chi connectivity index (χ2n) is 4.73. The van der Waals surface area contributed by atoms with E-state index >= 15 is 0 Å². The Hall–Kier alpha value is -1.45. The molecule has 0 aliphatic rings. The highest BCUT2D eigenvalue weighted by atomic mass is 35.5. The number of carboxylic acids is 1. The second kappa shape index (κ2) is 7.53. The molecule has 2 nitrogen and oxygen atoms in total. The molecule has 2 rings (SSSR count). The summed E-state index contributed by atoms with van der Waals surface area (Å²) in [6.45, 7) is 2.08. The highest BCUT2D eigenvalue weighted by Crippen LogP contribution is 2.28. The average Bonchev–Trinajstić information content (AvgIpc) is 2.49. The van der Waals surface area contributed by atoms with Crippen molar-refractivity contribution in [2.24, 2.45) is 0 Å². The lowest BCUT2D eigenvalue weighted by Crippen LogP contribution is -2.19. The van der Waals surface area contributed by atoms with Gasteiger partial charge in [0.15, 0.2) is 0 Å². The van der Waals surface area contributed by atoms with Crippen molar-refractivity contribution in [3.05, 3.63) is 64.7 Å². The molecule has 1 atom stereocenters. The minimum Gasteiger partial charge on any atom is -0.480 e. The number of halogens is 1. The van der Waals surface area contributed by atoms with Gasteiger partial charge in [-0.25, -0.2) is 0 Å². The second-order valence-corrected chi connectivity index (χ2v) is 6.44. The first-order valence-electron chi connectivity index (χ1n) is 6.82. The Morgan fingerprint density at radius 2 is 1.76 bits per heavy atom. The molecule has 0 unspecified atom stereocenters. The van der Waals surface area contributed by atoms with Crippen molar-refractivity contribution in [2.75, 3.05) is 0 Å². The summed E-state index contributed by atoms with van der Waals surface area (Å²) in [7, 11) is 0. The Bertz CT molecular complexity index is 610. The summed E-state index contributed by atoms with van der Waals surface area (Å²) in [6.07, 6.45) is 1.43. The highest BCUT2D eigenvalue weighted by Gasteiger charge is 2.20. The molecule has 0 bridgehead atoms. The minimum atomic E-state index is -0.791. The lowest BCUT2D eigenvalue weighted by atomic mass is 10.0. The number of carboxylic acid groups (broad SMARTS) is 1. The van der Waals surface area contributed by atoms with E-state index in [1.54, 1.807) is 12.1 Å². The van der Waals surface area contributed by atoms with E-state index in [2.05, 4.69) is 13.0 Å². The van der Waals surface area contributed by atoms with Gasteiger partial charge in [0.1, 0.15) is 5.25 Å². The SMILES string of the molecule is CCc1ccccc1C[C@H](Sc1ccc(Cl)cc1)C(=O)O. The van der Waals surface area contributed by atoms with Crippen LogP contribution in [0.4, 0.5) is 0 Å². The monoisotopic (exact) mass is 320 g/mol. The van der Waals surface area contributed by atoms with E-state index in [0.29, 0.717) is 11.4 Å². The Labute approximate surface area is 134 Å². The topological polar surface area (TPSA) is 37.3 Å². The molecular formula is C17H17ClO2S. The van der Waals surface area contributed by atoms with Crippen LogP contribution in [-0.2, 0) is 17.6 Å². The van der Waals surface area contributed by atoms with Crippen LogP contribution >= 0.6 is 23.4 Å². The van der Waals surface area contributed by atoms with Crippen LogP contribution < -0.4 is 0 Å². The zero-order valence-electron chi connectivity index (χ0n) is 11.8. The van der Waals surface area contributed by atoms with Crippen LogP contribution in [0, 0.1) is 0 Å². The quantitative estimate of drug-likeness (QED) is 0.784. The number of carbonyl (C=O) groups is 1. The van der Waals surface area contributed by atoms with Crippen molar-refractivity contribution in [2.45, 2.75) is 29.9 Å². The van der Waals surface area contributed by atoms with Crippen molar-refractivity contribution in [1.29, 1.82) is 0 Å². The van der Waals surface area contributed by atoms with Gasteiger partial charge in [0.05, 0.1) is 0 Å². The smallest absolute Gasteiger partial charge is 0.317 e. The predicted molar refractivity (Wildman–Crippen MR) is 88.3 cm³/mol. The first kappa shape index (κ1) is 15.9. The van der Waals surface area contributed by atoms with Crippen LogP contribution in [-0.4, -0.2) is 16.3 Å². The first-order chi connectivity index (χ1) is 10.1. The van der Waals surface area contributed by atoms with Crippen molar-refractivity contribution in [3.8, 4) is 0 Å². The van der Waals surface area contributed by atoms with E-state index in [-0.39, 0.29) is 0 Å². The summed E-state index contributed by atoms with van der Waals surface area (Å²) in [6, 6.07) is 15.3. The minimum absolute atomic E-state index is 0.501. The molecule has 4 heteroatoms. The maximum Gasteiger partial charge on any atom is 0.317 e. The van der Waals surface area contributed by atoms with Gasteiger partial charge in [-0.05, 0) is 48.2 Å². The van der Waals surface area contributed by atoms with Gasteiger partial charge in [0.2, 0.25) is 0 Å². The summed E-state index contributed by atoms with van der Waals surface area (Å²) in [5, 5.41) is 9.62. The number of thioether (sulfide) groups is 1. The van der Waals surface area contributed by atoms with Crippen LogP contribution in [0.15, 0.2) is 53.4 Å². The van der Waals surface area contributed by atoms with E-state index in [0.717, 1.165) is 16.9 Å². The zero-order valence-corrected chi connectivity index (χ0v) is 13.3. The van der Waals surface area contributed by atoms with Gasteiger partial charge >= 0.3 is 5.97 Å². The first-order valence-corrected chi connectivity index (χ1v) is 8.07. The van der Waals surface area contributed by atoms with Gasteiger partial charge in [-0.2, -0.15) is 0 Å². The van der Waals surface area contributed by atoms with E-state index in [1.807, 2.05) is 30.3 Å². The van der Waals surface area contributed by atoms with Crippen molar-refractivity contribution < 1.29 is 9.90 Å². The molecule has 110 valence electrons. The normalized spacial score (nSPS) is 12.1. The highest BCUT2D eigenvalue weighted by molar-refractivity contribution is 8.00. The zero-order chi connectivity index (χ0) is 15.2. The number of hydrogen-bond acceptors (Lipinski definition) is 2. The molecule has 21 heavy (non-hydrogen) atoms. The van der Waals surface area contributed by atoms with Crippen molar-refractivity contribution >= 4 is 29.3 Å². The molecule has 0 aliphatic carbocycles. The largest absolute Gasteiger partial charge is 0.480 e. The standard InChI is InChI=1S/C17H17ClO2S/c1-2-12-5-3-4-6-13(12)11-16(17(19)20)21-15-9-7-14(18)8-10-15/h3-10,16H,2,11H2,1H3,(H,19,20)/t16-/m0/s1. The Kier molecular flexibility index (Phi) is 5.71. The number of aryl methyl sites for hydroxylation is 1. The van der Waals surface area contributed by atoms with Crippen LogP contribution in [0.25, 0.3) is 0 Å². The van der Waals surface area contributed by atoms with Gasteiger partial charge in [-0.1, -0.05) is 42.8 Å². The summed E-state index contributed by atoms with van der Waals surface area (Å²) in [4.78, 5) is 12.4. The van der Waals surface area contributed by atoms with E-state index < -0.39 is 11.2 Å². The van der Waals surface area contributed by atoms with Crippen LogP contribution in [0.5, 0.6) is 0 Å². The molecule has 0 amide bonds. The van der Waals surface area contributed by atoms with Crippen LogP contribution in [0.2, 0.25) is 5.02 Å². The Morgan fingerprint density at radius 3 is 2.33 bits per heavy atom. The summed E-state index contributed by atoms with van der Waals surface area (Å²) < 4.78 is 0. The molecule has 0 spiro atoms. The Balaban J connectivity index is 2.16. The third kappa shape index (κ3) is 4.51. The number of benzene rings is 2. The molecule has 0 aliphatic heterocycles. The van der Waals surface area contributed by atoms with E-state index in [9.17, 15) is 9.90 Å². The molecule has 1 N–H and O–H groups in total. The summed E-state index contributed by atoms with van der Waals surface area (Å²) >= 11 is 7.22. The molecule has 2 aromatic rings. The number of rotatable bonds is 6. The number of hydrogen-bond donors (Lipinski definition) is 1. The third-order valence-electron chi connectivity index (χ3n) is 3.27. The maximum atomic E-state index is 11.5. The van der Waals surface area contributed by atoms with Crippen LogP contribution in [0.1, 0.15) is 18.1 Å². The predicted octanol–water partition coefficient (Wildman–Crippen LogP) is 4.69. The Morgan fingerprint density at radius 1 is 1.14 bits per heavy atom. The van der Waals surface area contributed by atoms with Crippen molar-refractivity contribution in [3.63, 3.8) is 0 Å². The van der Waals surface area contributed by atoms with Gasteiger partial charge in [-0.15, -0.1) is 11.8 Å². The molecule has 0 aromatic heterocycles. The fraction of sp³-hybridized carbons (Fsp3) is 0.235. The van der Waals surface area contributed by atoms with Crippen LogP contribution in [0.3, 0.4) is 0 Å². The fourth-order valence-corrected chi connectivity index (χ4v) is 3.27. The summed E-state index contributed by atoms with van der Waals surface area (Å²) in [5.74, 6) is -0.791. The molecule has 0 fully saturated rings. The van der Waals surface area contributed by atoms with Gasteiger partial charge in [0, 0.05) is 9.92 Å². The van der Waals surface area contributed by atoms with E-state index in [1.165, 1.54) is 17.3 Å². The molecule has 0 saturated heterocycles. The summed E-state index contributed by atoms with van der Waals surface area (Å²) in [5.41, 5.74) is 2.31. The van der Waals surface area contributed by atoms with Crippen molar-refractivity contribution in [1.82, 2.24) is 0 Å². The van der Waals surface area contributed by atoms with Gasteiger partial charge < -0.3 is 5.11 Å². The lowest BCUT2D eigenvalue weighted by molar-refractivity contribution is -0.136. The van der Waals surface area contributed by atoms with Gasteiger partial charge in [0.25, 0.3) is 0 Å². The molecule has 2 aromatic carbocycles. The van der Waals surface area contributed by atoms with Gasteiger partial charge in [-0.3, -0.25) is 4.79 Å². The molecule has 0 saturated carbocycles. The fourth-order valence-electron chi connectivity index (χ4n) is 2.16. The molecule has 0 heterocycles.